The summed E-state index contributed by atoms with van der Waals surface area (Å²) in [6.07, 6.45) is 0. The Labute approximate surface area is 44.2 Å². The fourth-order valence-corrected chi connectivity index (χ4v) is 0. The van der Waals surface area contributed by atoms with Crippen molar-refractivity contribution in [2.75, 3.05) is 0 Å². The van der Waals surface area contributed by atoms with Crippen molar-refractivity contribution in [3.63, 3.8) is 0 Å². The van der Waals surface area contributed by atoms with Crippen LogP contribution in [0.2, 0.25) is 0 Å². The van der Waals surface area contributed by atoms with E-state index >= 15 is 0 Å². The zero-order chi connectivity index (χ0) is 4.50. The molecule has 0 spiro atoms. The van der Waals surface area contributed by atoms with Crippen LogP contribution in [0, 0.1) is 0 Å². The Morgan fingerprint density at radius 2 is 1.00 bits per heavy atom. The fraction of sp³-hybridized carbons (Fsp3) is 0. The standard InChI is InChI=1S/BF4.Cr/c2-1(3,4)5;/q-1;/p+1. The van der Waals surface area contributed by atoms with Gasteiger partial charge in [-0.1, -0.05) is 0 Å². The van der Waals surface area contributed by atoms with E-state index in [1.54, 1.807) is 0 Å². The molecule has 0 heterocycles. The molecule has 0 aliphatic carbocycles. The number of hydrogen-bond acceptors (Lipinski definition) is 0. The molecule has 0 aromatic heterocycles. The predicted octanol–water partition coefficient (Wildman–Crippen LogP) is 1.41. The van der Waals surface area contributed by atoms with Gasteiger partial charge in [-0.2, -0.15) is 0 Å². The summed E-state index contributed by atoms with van der Waals surface area (Å²) in [6, 6.07) is 0. The van der Waals surface area contributed by atoms with Crippen molar-refractivity contribution in [3.05, 3.63) is 0 Å². The van der Waals surface area contributed by atoms with E-state index in [2.05, 4.69) is 0 Å². The first-order valence-corrected chi connectivity index (χ1v) is 0.873. The summed E-state index contributed by atoms with van der Waals surface area (Å²) in [6.45, 7) is 0. The summed E-state index contributed by atoms with van der Waals surface area (Å²) in [5, 5.41) is 0. The average molecular weight is 140 g/mol. The van der Waals surface area contributed by atoms with Gasteiger partial charge in [-0.25, -0.2) is 0 Å². The van der Waals surface area contributed by atoms with Gasteiger partial charge in [-0.3, -0.25) is 0 Å². The van der Waals surface area contributed by atoms with Gasteiger partial charge in [0.05, 0.1) is 0 Å². The summed E-state index contributed by atoms with van der Waals surface area (Å²) in [7, 11) is -6.00. The van der Waals surface area contributed by atoms with Crippen molar-refractivity contribution in [2.45, 2.75) is 0 Å². The minimum absolute atomic E-state index is 0. The van der Waals surface area contributed by atoms with Gasteiger partial charge in [0.2, 0.25) is 0 Å². The molecule has 6 heteroatoms. The minimum Gasteiger partial charge on any atom is -0.418 e. The maximum absolute atomic E-state index is 9.75. The molecule has 0 aromatic carbocycles. The molecule has 0 bridgehead atoms. The Morgan fingerprint density at radius 1 is 1.00 bits per heavy atom. The third kappa shape index (κ3) is 472. The Morgan fingerprint density at radius 3 is 1.00 bits per heavy atom. The van der Waals surface area contributed by atoms with Crippen molar-refractivity contribution >= 4 is 7.25 Å². The average Bonchev–Trinajstić information content (AvgIpc) is 0.722. The van der Waals surface area contributed by atoms with E-state index in [-0.39, 0.29) is 18.8 Å². The maximum atomic E-state index is 9.75. The molecule has 0 rings (SSSR count). The molecule has 0 aromatic rings. The van der Waals surface area contributed by atoms with Crippen LogP contribution in [0.3, 0.4) is 0 Å². The summed E-state index contributed by atoms with van der Waals surface area (Å²) >= 11 is 0. The number of rotatable bonds is 0. The fourth-order valence-electron chi connectivity index (χ4n) is 0. The normalized spacial score (nSPS) is 10.0. The molecule has 0 saturated heterocycles. The van der Waals surface area contributed by atoms with Crippen LogP contribution >= 0.6 is 0 Å². The largest absolute Gasteiger partial charge is 1.00 e. The Kier molecular flexibility index (Phi) is 3.97. The van der Waals surface area contributed by atoms with Crippen molar-refractivity contribution < 1.29 is 36.1 Å². The summed E-state index contributed by atoms with van der Waals surface area (Å²) < 4.78 is 39.0. The van der Waals surface area contributed by atoms with Gasteiger partial charge in [0.15, 0.2) is 0 Å². The summed E-state index contributed by atoms with van der Waals surface area (Å²) in [5.41, 5.74) is 0. The second-order valence-corrected chi connectivity index (χ2v) is 0.495. The molecule has 0 atom stereocenters. The third-order valence-electron chi connectivity index (χ3n) is 0. The molecule has 0 nitrogen and oxygen atoms in total. The molecule has 0 amide bonds. The monoisotopic (exact) mass is 140 g/mol. The Balaban J connectivity index is -0.0000000800. The summed E-state index contributed by atoms with van der Waals surface area (Å²) in [4.78, 5) is 0. The molecule has 0 unspecified atom stereocenters. The minimum atomic E-state index is -6.00. The number of halogens is 4. The summed E-state index contributed by atoms with van der Waals surface area (Å²) in [5.74, 6) is 0. The van der Waals surface area contributed by atoms with Crippen molar-refractivity contribution in [2.24, 2.45) is 0 Å². The molecule has 0 N–H and O–H groups in total. The van der Waals surface area contributed by atoms with Gasteiger partial charge in [-0.15, -0.1) is 0 Å². The van der Waals surface area contributed by atoms with Gasteiger partial charge in [0.1, 0.15) is 0 Å². The zero-order valence-corrected chi connectivity index (χ0v) is 3.77. The van der Waals surface area contributed by atoms with Crippen LogP contribution in [0.1, 0.15) is 1.43 Å². The van der Waals surface area contributed by atoms with Crippen LogP contribution in [0.25, 0.3) is 0 Å². The first kappa shape index (κ1) is 9.58. The van der Waals surface area contributed by atoms with Crippen molar-refractivity contribution in [1.29, 1.82) is 0 Å². The third-order valence-corrected chi connectivity index (χ3v) is 0. The Bertz CT molecular complexity index is 27.2. The Hall–Kier alpha value is 0.317. The van der Waals surface area contributed by atoms with E-state index < -0.39 is 7.25 Å². The zero-order valence-electron chi connectivity index (χ0n) is 3.50. The topological polar surface area (TPSA) is 0 Å². The molecule has 0 saturated carbocycles. The van der Waals surface area contributed by atoms with Crippen molar-refractivity contribution in [3.8, 4) is 0 Å². The quantitative estimate of drug-likeness (QED) is 0.352. The first-order chi connectivity index (χ1) is 2.00. The smallest absolute Gasteiger partial charge is 0.418 e. The predicted molar refractivity (Wildman–Crippen MR) is 11.3 cm³/mol. The van der Waals surface area contributed by atoms with E-state index in [4.69, 9.17) is 0 Å². The second-order valence-electron chi connectivity index (χ2n) is 0.495. The van der Waals surface area contributed by atoms with Crippen LogP contribution in [0.15, 0.2) is 0 Å². The SMILES string of the molecule is F[B-](F)(F)F.[Cr].[H+]. The van der Waals surface area contributed by atoms with Crippen LogP contribution in [-0.4, -0.2) is 7.25 Å². The second kappa shape index (κ2) is 2.48. The van der Waals surface area contributed by atoms with Gasteiger partial charge >= 0.3 is 8.68 Å². The molecule has 0 fully saturated rings. The van der Waals surface area contributed by atoms with Crippen molar-refractivity contribution in [1.82, 2.24) is 0 Å². The van der Waals surface area contributed by atoms with E-state index in [0.717, 1.165) is 0 Å². The van der Waals surface area contributed by atoms with E-state index in [0.29, 0.717) is 0 Å². The van der Waals surface area contributed by atoms with Gasteiger partial charge in [0, 0.05) is 17.4 Å². The molecule has 0 radical (unpaired) electrons. The van der Waals surface area contributed by atoms with E-state index in [1.807, 2.05) is 0 Å². The first-order valence-electron chi connectivity index (χ1n) is 0.873. The van der Waals surface area contributed by atoms with Crippen LogP contribution < -0.4 is 0 Å². The molecule has 0 aliphatic heterocycles. The van der Waals surface area contributed by atoms with Gasteiger partial charge in [-0.05, 0) is 0 Å². The van der Waals surface area contributed by atoms with Crippen LogP contribution in [0.4, 0.5) is 17.3 Å². The maximum Gasteiger partial charge on any atom is 1.00 e. The molecular formula is HBCrF4. The van der Waals surface area contributed by atoms with Gasteiger partial charge < -0.3 is 17.3 Å². The van der Waals surface area contributed by atoms with E-state index in [9.17, 15) is 17.3 Å². The van der Waals surface area contributed by atoms with Crippen LogP contribution in [0.5, 0.6) is 0 Å². The molecular weight excluding hydrogens is 139 g/mol. The molecule has 38 valence electrons. The van der Waals surface area contributed by atoms with E-state index in [1.165, 1.54) is 0 Å². The molecule has 6 heavy (non-hydrogen) atoms. The molecule has 0 aliphatic rings. The van der Waals surface area contributed by atoms with Gasteiger partial charge in [0.25, 0.3) is 0 Å². The van der Waals surface area contributed by atoms with Crippen LogP contribution in [-0.2, 0) is 17.4 Å². The number of hydrogen-bond donors (Lipinski definition) is 0.